The largest absolute Gasteiger partial charge is 0.478 e. The number of pyridine rings is 1. The maximum atomic E-state index is 12.1. The van der Waals surface area contributed by atoms with Crippen LogP contribution in [0.15, 0.2) is 47.4 Å². The van der Waals surface area contributed by atoms with Gasteiger partial charge < -0.3 is 5.11 Å². The van der Waals surface area contributed by atoms with Gasteiger partial charge in [0.15, 0.2) is 0 Å². The minimum atomic E-state index is -1.04. The van der Waals surface area contributed by atoms with Crippen LogP contribution in [-0.4, -0.2) is 20.5 Å². The summed E-state index contributed by atoms with van der Waals surface area (Å²) in [6.07, 6.45) is 1.43. The maximum Gasteiger partial charge on any atom is 0.335 e. The van der Waals surface area contributed by atoms with E-state index in [0.717, 1.165) is 0 Å². The van der Waals surface area contributed by atoms with Crippen molar-refractivity contribution in [1.82, 2.24) is 9.38 Å². The van der Waals surface area contributed by atoms with Gasteiger partial charge in [0.25, 0.3) is 5.56 Å². The quantitative estimate of drug-likeness (QED) is 0.655. The fourth-order valence-electron chi connectivity index (χ4n) is 1.88. The fourth-order valence-corrected chi connectivity index (χ4v) is 1.88. The number of carbonyl (C=O) groups is 1. The van der Waals surface area contributed by atoms with Crippen LogP contribution in [0, 0.1) is 0 Å². The number of rotatable bonds is 1. The lowest BCUT2D eigenvalue weighted by molar-refractivity contribution is 0.0697. The summed E-state index contributed by atoms with van der Waals surface area (Å²) in [7, 11) is 0. The van der Waals surface area contributed by atoms with Crippen molar-refractivity contribution in [2.75, 3.05) is 0 Å². The number of carboxylic acid groups (broad SMARTS) is 1. The molecule has 2 heterocycles. The zero-order chi connectivity index (χ0) is 12.7. The molecular formula is C13H8N2O3. The van der Waals surface area contributed by atoms with E-state index in [1.807, 2.05) is 0 Å². The molecule has 18 heavy (non-hydrogen) atoms. The Balaban J connectivity index is 2.48. The molecule has 0 amide bonds. The van der Waals surface area contributed by atoms with Gasteiger partial charge in [0.05, 0.1) is 16.5 Å². The first-order chi connectivity index (χ1) is 8.66. The summed E-state index contributed by atoms with van der Waals surface area (Å²) in [5.41, 5.74) is 0.799. The van der Waals surface area contributed by atoms with E-state index in [4.69, 9.17) is 5.11 Å². The lowest BCUT2D eigenvalue weighted by atomic mass is 10.2. The Morgan fingerprint density at radius 2 is 2.00 bits per heavy atom. The first kappa shape index (κ1) is 10.5. The first-order valence-corrected chi connectivity index (χ1v) is 5.31. The van der Waals surface area contributed by atoms with Crippen LogP contribution < -0.4 is 5.56 Å². The van der Waals surface area contributed by atoms with Crippen molar-refractivity contribution < 1.29 is 9.90 Å². The number of carboxylic acids is 1. The van der Waals surface area contributed by atoms with Gasteiger partial charge >= 0.3 is 5.97 Å². The van der Waals surface area contributed by atoms with Crippen LogP contribution in [-0.2, 0) is 0 Å². The van der Waals surface area contributed by atoms with Crippen LogP contribution in [0.1, 0.15) is 10.4 Å². The monoisotopic (exact) mass is 240 g/mol. The van der Waals surface area contributed by atoms with Crippen molar-refractivity contribution in [3.05, 3.63) is 58.5 Å². The van der Waals surface area contributed by atoms with Crippen molar-refractivity contribution in [3.63, 3.8) is 0 Å². The minimum Gasteiger partial charge on any atom is -0.478 e. The molecule has 0 aliphatic carbocycles. The number of aromatic carboxylic acids is 1. The Morgan fingerprint density at radius 1 is 1.22 bits per heavy atom. The van der Waals surface area contributed by atoms with E-state index >= 15 is 0 Å². The van der Waals surface area contributed by atoms with E-state index in [1.54, 1.807) is 24.3 Å². The predicted molar refractivity (Wildman–Crippen MR) is 65.9 cm³/mol. The second-order valence-corrected chi connectivity index (χ2v) is 3.88. The fraction of sp³-hybridized carbons (Fsp3) is 0. The highest BCUT2D eigenvalue weighted by Gasteiger charge is 2.08. The topological polar surface area (TPSA) is 71.7 Å². The third kappa shape index (κ3) is 1.45. The average molecular weight is 240 g/mol. The Bertz CT molecular complexity index is 836. The van der Waals surface area contributed by atoms with Gasteiger partial charge in [-0.15, -0.1) is 0 Å². The summed E-state index contributed by atoms with van der Waals surface area (Å²) < 4.78 is 1.34. The molecule has 0 radical (unpaired) electrons. The molecule has 1 N–H and O–H groups in total. The molecule has 5 heteroatoms. The molecule has 0 aliphatic heterocycles. The van der Waals surface area contributed by atoms with Crippen LogP contribution in [0.5, 0.6) is 0 Å². The molecule has 1 aromatic carbocycles. The average Bonchev–Trinajstić information content (AvgIpc) is 2.38. The molecule has 0 saturated carbocycles. The molecule has 3 rings (SSSR count). The standard InChI is InChI=1S/C13H8N2O3/c16-12-9-3-1-2-4-10(9)14-11-7-8(13(17)18)5-6-15(11)12/h1-7H,(H,17,18). The smallest absolute Gasteiger partial charge is 0.335 e. The zero-order valence-electron chi connectivity index (χ0n) is 9.20. The Hall–Kier alpha value is -2.69. The van der Waals surface area contributed by atoms with E-state index < -0.39 is 5.97 Å². The van der Waals surface area contributed by atoms with Crippen molar-refractivity contribution in [2.45, 2.75) is 0 Å². The minimum absolute atomic E-state index is 0.109. The van der Waals surface area contributed by atoms with E-state index in [1.165, 1.54) is 22.7 Å². The summed E-state index contributed by atoms with van der Waals surface area (Å²) in [4.78, 5) is 27.3. The lowest BCUT2D eigenvalue weighted by Gasteiger charge is -2.03. The number of hydrogen-bond donors (Lipinski definition) is 1. The number of benzene rings is 1. The van der Waals surface area contributed by atoms with Crippen molar-refractivity contribution in [1.29, 1.82) is 0 Å². The molecule has 0 fully saturated rings. The van der Waals surface area contributed by atoms with E-state index in [2.05, 4.69) is 4.98 Å². The summed E-state index contributed by atoms with van der Waals surface area (Å²) in [6, 6.07) is 9.74. The van der Waals surface area contributed by atoms with Crippen LogP contribution in [0.3, 0.4) is 0 Å². The molecule has 2 aromatic heterocycles. The molecule has 0 aliphatic rings. The van der Waals surface area contributed by atoms with Gasteiger partial charge in [0.1, 0.15) is 5.65 Å². The predicted octanol–water partition coefficient (Wildman–Crippen LogP) is 1.55. The molecular weight excluding hydrogens is 232 g/mol. The van der Waals surface area contributed by atoms with E-state index in [0.29, 0.717) is 16.6 Å². The molecule has 0 atom stereocenters. The van der Waals surface area contributed by atoms with Gasteiger partial charge in [-0.1, -0.05) is 12.1 Å². The molecule has 5 nitrogen and oxygen atoms in total. The van der Waals surface area contributed by atoms with Crippen LogP contribution in [0.25, 0.3) is 16.6 Å². The van der Waals surface area contributed by atoms with Gasteiger partial charge in [-0.05, 0) is 24.3 Å². The van der Waals surface area contributed by atoms with Crippen molar-refractivity contribution in [2.24, 2.45) is 0 Å². The summed E-state index contributed by atoms with van der Waals surface area (Å²) in [5.74, 6) is -1.04. The highest BCUT2D eigenvalue weighted by molar-refractivity contribution is 5.89. The highest BCUT2D eigenvalue weighted by Crippen LogP contribution is 2.10. The van der Waals surface area contributed by atoms with Gasteiger partial charge in [-0.3, -0.25) is 9.20 Å². The van der Waals surface area contributed by atoms with Crippen molar-refractivity contribution in [3.8, 4) is 0 Å². The summed E-state index contributed by atoms with van der Waals surface area (Å²) in [6.45, 7) is 0. The Morgan fingerprint density at radius 3 is 2.78 bits per heavy atom. The third-order valence-corrected chi connectivity index (χ3v) is 2.77. The number of nitrogens with zero attached hydrogens (tertiary/aromatic N) is 2. The zero-order valence-corrected chi connectivity index (χ0v) is 9.20. The second kappa shape index (κ2) is 3.66. The Labute approximate surface area is 101 Å². The summed E-state index contributed by atoms with van der Waals surface area (Å²) >= 11 is 0. The Kier molecular flexibility index (Phi) is 2.13. The molecule has 3 aromatic rings. The maximum absolute atomic E-state index is 12.1. The molecule has 0 saturated heterocycles. The van der Waals surface area contributed by atoms with Crippen LogP contribution >= 0.6 is 0 Å². The normalized spacial score (nSPS) is 10.9. The van der Waals surface area contributed by atoms with Gasteiger partial charge in [0.2, 0.25) is 0 Å². The molecule has 0 unspecified atom stereocenters. The SMILES string of the molecule is O=C(O)c1ccn2c(=O)c3ccccc3nc2c1. The van der Waals surface area contributed by atoms with Gasteiger partial charge in [-0.2, -0.15) is 0 Å². The second-order valence-electron chi connectivity index (χ2n) is 3.88. The van der Waals surface area contributed by atoms with Gasteiger partial charge in [-0.25, -0.2) is 9.78 Å². The molecule has 0 spiro atoms. The summed E-state index contributed by atoms with van der Waals surface area (Å²) in [5, 5.41) is 9.42. The molecule has 0 bridgehead atoms. The first-order valence-electron chi connectivity index (χ1n) is 5.31. The van der Waals surface area contributed by atoms with Crippen LogP contribution in [0.4, 0.5) is 0 Å². The number of aromatic nitrogens is 2. The van der Waals surface area contributed by atoms with Gasteiger partial charge in [0, 0.05) is 6.20 Å². The van der Waals surface area contributed by atoms with Crippen LogP contribution in [0.2, 0.25) is 0 Å². The van der Waals surface area contributed by atoms with E-state index in [-0.39, 0.29) is 11.1 Å². The van der Waals surface area contributed by atoms with Crippen molar-refractivity contribution >= 4 is 22.5 Å². The molecule has 88 valence electrons. The number of fused-ring (bicyclic) bond motifs is 2. The highest BCUT2D eigenvalue weighted by atomic mass is 16.4. The number of para-hydroxylation sites is 1. The van der Waals surface area contributed by atoms with E-state index in [9.17, 15) is 9.59 Å². The lowest BCUT2D eigenvalue weighted by Crippen LogP contribution is -2.15. The number of hydrogen-bond acceptors (Lipinski definition) is 3. The third-order valence-electron chi connectivity index (χ3n) is 2.77.